The average molecular weight is 260 g/mol. The molecule has 0 saturated heterocycles. The van der Waals surface area contributed by atoms with Gasteiger partial charge in [0.1, 0.15) is 5.82 Å². The molecule has 5 nitrogen and oxygen atoms in total. The smallest absolute Gasteiger partial charge is 0.251 e. The Morgan fingerprint density at radius 3 is 2.68 bits per heavy atom. The first kappa shape index (κ1) is 13.1. The zero-order chi connectivity index (χ0) is 13.8. The Labute approximate surface area is 111 Å². The lowest BCUT2D eigenvalue weighted by atomic mass is 10.1. The van der Waals surface area contributed by atoms with E-state index in [1.165, 1.54) is 6.07 Å². The van der Waals surface area contributed by atoms with Gasteiger partial charge >= 0.3 is 0 Å². The molecule has 0 amide bonds. The van der Waals surface area contributed by atoms with Crippen LogP contribution in [0.1, 0.15) is 12.7 Å². The van der Waals surface area contributed by atoms with Crippen LogP contribution in [0.2, 0.25) is 0 Å². The first-order valence-corrected chi connectivity index (χ1v) is 6.01. The van der Waals surface area contributed by atoms with Gasteiger partial charge in [-0.1, -0.05) is 13.0 Å². The molecule has 0 atom stereocenters. The highest BCUT2D eigenvalue weighted by Crippen LogP contribution is 2.36. The van der Waals surface area contributed by atoms with Crippen molar-refractivity contribution in [1.82, 2.24) is 9.97 Å². The number of ether oxygens (including phenoxy) is 2. The lowest BCUT2D eigenvalue weighted by Gasteiger charge is -2.12. The van der Waals surface area contributed by atoms with E-state index in [0.717, 1.165) is 5.56 Å². The molecule has 0 aliphatic carbocycles. The fourth-order valence-corrected chi connectivity index (χ4v) is 1.90. The topological polar surface area (TPSA) is 64.2 Å². The molecule has 2 aromatic rings. The van der Waals surface area contributed by atoms with Gasteiger partial charge in [0, 0.05) is 18.1 Å². The van der Waals surface area contributed by atoms with Gasteiger partial charge in [-0.15, -0.1) is 0 Å². The van der Waals surface area contributed by atoms with Gasteiger partial charge in [-0.2, -0.15) is 0 Å². The lowest BCUT2D eigenvalue weighted by molar-refractivity contribution is 0.356. The highest BCUT2D eigenvalue weighted by atomic mass is 16.5. The van der Waals surface area contributed by atoms with Crippen LogP contribution in [0.5, 0.6) is 11.5 Å². The maximum Gasteiger partial charge on any atom is 0.251 e. The number of methoxy groups -OCH3 is 2. The van der Waals surface area contributed by atoms with Crippen molar-refractivity contribution < 1.29 is 9.47 Å². The molecule has 0 saturated carbocycles. The molecule has 1 N–H and O–H groups in total. The van der Waals surface area contributed by atoms with Crippen LogP contribution in [-0.4, -0.2) is 24.2 Å². The van der Waals surface area contributed by atoms with E-state index in [0.29, 0.717) is 29.4 Å². The van der Waals surface area contributed by atoms with Crippen molar-refractivity contribution in [2.24, 2.45) is 0 Å². The van der Waals surface area contributed by atoms with Crippen molar-refractivity contribution in [2.75, 3.05) is 14.2 Å². The Morgan fingerprint density at radius 1 is 1.26 bits per heavy atom. The van der Waals surface area contributed by atoms with E-state index in [-0.39, 0.29) is 5.56 Å². The second kappa shape index (κ2) is 5.56. The van der Waals surface area contributed by atoms with Crippen LogP contribution in [0.4, 0.5) is 0 Å². The Kier molecular flexibility index (Phi) is 3.85. The first-order chi connectivity index (χ1) is 9.19. The molecule has 0 unspecified atom stereocenters. The van der Waals surface area contributed by atoms with Gasteiger partial charge in [-0.3, -0.25) is 4.79 Å². The van der Waals surface area contributed by atoms with Crippen molar-refractivity contribution >= 4 is 0 Å². The van der Waals surface area contributed by atoms with Gasteiger partial charge in [-0.05, 0) is 12.1 Å². The number of H-pyrrole nitrogens is 1. The summed E-state index contributed by atoms with van der Waals surface area (Å²) < 4.78 is 10.6. The normalized spacial score (nSPS) is 10.3. The van der Waals surface area contributed by atoms with Crippen LogP contribution in [0.3, 0.4) is 0 Å². The number of nitrogens with zero attached hydrogens (tertiary/aromatic N) is 1. The molecule has 0 aliphatic rings. The number of hydrogen-bond acceptors (Lipinski definition) is 4. The standard InChI is InChI=1S/C14H16N2O3/c1-4-12-15-10(8-13(17)16-12)9-6-5-7-11(18-2)14(9)19-3/h5-8H,4H2,1-3H3,(H,15,16,17). The quantitative estimate of drug-likeness (QED) is 0.913. The molecule has 100 valence electrons. The van der Waals surface area contributed by atoms with Gasteiger partial charge in [0.25, 0.3) is 5.56 Å². The average Bonchev–Trinajstić information content (AvgIpc) is 2.45. The van der Waals surface area contributed by atoms with E-state index in [2.05, 4.69) is 9.97 Å². The van der Waals surface area contributed by atoms with Crippen LogP contribution in [0.15, 0.2) is 29.1 Å². The Hall–Kier alpha value is -2.30. The summed E-state index contributed by atoms with van der Waals surface area (Å²) in [5, 5.41) is 0. The largest absolute Gasteiger partial charge is 0.493 e. The number of hydrogen-bond donors (Lipinski definition) is 1. The van der Waals surface area contributed by atoms with Gasteiger partial charge in [0.2, 0.25) is 0 Å². The van der Waals surface area contributed by atoms with Gasteiger partial charge in [0.15, 0.2) is 11.5 Å². The summed E-state index contributed by atoms with van der Waals surface area (Å²) in [6, 6.07) is 6.94. The molecule has 2 rings (SSSR count). The molecule has 1 aromatic heterocycles. The number of rotatable bonds is 4. The number of aryl methyl sites for hydroxylation is 1. The maximum absolute atomic E-state index is 11.6. The van der Waals surface area contributed by atoms with Crippen molar-refractivity contribution in [2.45, 2.75) is 13.3 Å². The Balaban J connectivity index is 2.64. The third kappa shape index (κ3) is 2.59. The van der Waals surface area contributed by atoms with Gasteiger partial charge in [0.05, 0.1) is 19.9 Å². The fourth-order valence-electron chi connectivity index (χ4n) is 1.90. The van der Waals surface area contributed by atoms with E-state index in [9.17, 15) is 4.79 Å². The van der Waals surface area contributed by atoms with Gasteiger partial charge in [-0.25, -0.2) is 4.98 Å². The predicted octanol–water partition coefficient (Wildman–Crippen LogP) is 2.02. The molecule has 0 radical (unpaired) electrons. The van der Waals surface area contributed by atoms with E-state index in [1.54, 1.807) is 20.3 Å². The van der Waals surface area contributed by atoms with Crippen LogP contribution >= 0.6 is 0 Å². The summed E-state index contributed by atoms with van der Waals surface area (Å²) in [6.07, 6.45) is 0.662. The van der Waals surface area contributed by atoms with Crippen LogP contribution in [0.25, 0.3) is 11.3 Å². The molecule has 5 heteroatoms. The van der Waals surface area contributed by atoms with Crippen molar-refractivity contribution in [3.05, 3.63) is 40.4 Å². The molecule has 0 aliphatic heterocycles. The summed E-state index contributed by atoms with van der Waals surface area (Å²) in [5.74, 6) is 1.83. The predicted molar refractivity (Wildman–Crippen MR) is 72.8 cm³/mol. The zero-order valence-corrected chi connectivity index (χ0v) is 11.2. The number of aromatic nitrogens is 2. The number of para-hydroxylation sites is 1. The molecular formula is C14H16N2O3. The van der Waals surface area contributed by atoms with Crippen LogP contribution in [0, 0.1) is 0 Å². The van der Waals surface area contributed by atoms with Crippen LogP contribution in [-0.2, 0) is 6.42 Å². The van der Waals surface area contributed by atoms with Crippen molar-refractivity contribution in [3.8, 4) is 22.8 Å². The zero-order valence-electron chi connectivity index (χ0n) is 11.2. The summed E-state index contributed by atoms with van der Waals surface area (Å²) in [5.41, 5.74) is 1.14. The first-order valence-electron chi connectivity index (χ1n) is 6.01. The maximum atomic E-state index is 11.6. The SMILES string of the molecule is CCc1nc(-c2cccc(OC)c2OC)cc(=O)[nH]1. The van der Waals surface area contributed by atoms with Crippen LogP contribution < -0.4 is 15.0 Å². The highest BCUT2D eigenvalue weighted by molar-refractivity contribution is 5.70. The molecule has 1 aromatic carbocycles. The van der Waals surface area contributed by atoms with Crippen molar-refractivity contribution in [3.63, 3.8) is 0 Å². The molecular weight excluding hydrogens is 244 g/mol. The third-order valence-electron chi connectivity index (χ3n) is 2.80. The monoisotopic (exact) mass is 260 g/mol. The van der Waals surface area contributed by atoms with E-state index in [1.807, 2.05) is 19.1 Å². The van der Waals surface area contributed by atoms with Gasteiger partial charge < -0.3 is 14.5 Å². The summed E-state index contributed by atoms with van der Waals surface area (Å²) in [6.45, 7) is 1.94. The second-order valence-corrected chi connectivity index (χ2v) is 3.97. The Bertz CT molecular complexity index is 635. The molecule has 1 heterocycles. The number of aromatic amines is 1. The summed E-state index contributed by atoms with van der Waals surface area (Å²) in [4.78, 5) is 18.7. The summed E-state index contributed by atoms with van der Waals surface area (Å²) in [7, 11) is 3.14. The highest BCUT2D eigenvalue weighted by Gasteiger charge is 2.13. The van der Waals surface area contributed by atoms with E-state index >= 15 is 0 Å². The Morgan fingerprint density at radius 2 is 2.05 bits per heavy atom. The minimum absolute atomic E-state index is 0.174. The summed E-state index contributed by atoms with van der Waals surface area (Å²) >= 11 is 0. The number of nitrogens with one attached hydrogen (secondary N) is 1. The molecule has 19 heavy (non-hydrogen) atoms. The minimum atomic E-state index is -0.174. The molecule has 0 bridgehead atoms. The van der Waals surface area contributed by atoms with Crippen molar-refractivity contribution in [1.29, 1.82) is 0 Å². The lowest BCUT2D eigenvalue weighted by Crippen LogP contribution is -2.10. The van der Waals surface area contributed by atoms with E-state index in [4.69, 9.17) is 9.47 Å². The second-order valence-electron chi connectivity index (χ2n) is 3.97. The minimum Gasteiger partial charge on any atom is -0.493 e. The van der Waals surface area contributed by atoms with E-state index < -0.39 is 0 Å². The fraction of sp³-hybridized carbons (Fsp3) is 0.286. The third-order valence-corrected chi connectivity index (χ3v) is 2.80. The molecule has 0 spiro atoms. The number of benzene rings is 1. The molecule has 0 fully saturated rings.